The lowest BCUT2D eigenvalue weighted by Gasteiger charge is -2.21. The second kappa shape index (κ2) is 75.1. The first-order chi connectivity index (χ1) is 50.2. The van der Waals surface area contributed by atoms with E-state index in [0.29, 0.717) is 25.7 Å². The molecule has 2 unspecified atom stereocenters. The van der Waals surface area contributed by atoms with Crippen LogP contribution in [0, 0.1) is 17.8 Å². The number of phosphoric acid groups is 2. The van der Waals surface area contributed by atoms with Gasteiger partial charge in [0.2, 0.25) is 0 Å². The summed E-state index contributed by atoms with van der Waals surface area (Å²) in [5.41, 5.74) is 0. The highest BCUT2D eigenvalue weighted by Gasteiger charge is 2.30. The number of esters is 4. The van der Waals surface area contributed by atoms with Crippen LogP contribution in [0.15, 0.2) is 0 Å². The summed E-state index contributed by atoms with van der Waals surface area (Å²) < 4.78 is 68.9. The maximum absolute atomic E-state index is 13.1. The first-order valence-electron chi connectivity index (χ1n) is 43.8. The molecule has 0 aromatic rings. The highest BCUT2D eigenvalue weighted by atomic mass is 31.2. The first kappa shape index (κ1) is 102. The van der Waals surface area contributed by atoms with Crippen LogP contribution in [0.2, 0.25) is 0 Å². The Hall–Kier alpha value is -1.94. The lowest BCUT2D eigenvalue weighted by atomic mass is 10.0. The summed E-state index contributed by atoms with van der Waals surface area (Å²) in [4.78, 5) is 73.2. The molecule has 0 aliphatic rings. The van der Waals surface area contributed by atoms with Gasteiger partial charge >= 0.3 is 39.5 Å². The van der Waals surface area contributed by atoms with E-state index in [2.05, 4.69) is 48.5 Å². The van der Waals surface area contributed by atoms with Gasteiger partial charge in [0.25, 0.3) is 0 Å². The molecule has 3 N–H and O–H groups in total. The molecule has 0 bridgehead atoms. The monoisotopic (exact) mass is 1520 g/mol. The molecule has 0 aliphatic heterocycles. The van der Waals surface area contributed by atoms with Crippen LogP contribution in [-0.2, 0) is 65.4 Å². The fourth-order valence-electron chi connectivity index (χ4n) is 13.2. The number of hydrogen-bond acceptors (Lipinski definition) is 15. The standard InChI is InChI=1S/C85H166O17P2/c1-8-9-10-11-12-13-14-15-16-17-21-24-27-32-37-45-52-59-66-82(87)95-72-80(101-84(89)68-61-54-47-38-33-28-25-22-19-18-20-23-26-30-35-42-49-56-63-76(2)3)74-99-103(91,92)97-70-79(86)71-98-104(93,94)100-75-81(73-96-83(88)67-60-53-46-41-40-44-51-58-65-78(6)7)102-85(90)69-62-55-48-39-34-29-31-36-43-50-57-64-77(4)5/h76-81,86H,8-75H2,1-7H3,(H,91,92)(H,93,94)/t79-,80-,81-/m1/s1. The summed E-state index contributed by atoms with van der Waals surface area (Å²) in [5, 5.41) is 10.7. The minimum Gasteiger partial charge on any atom is -0.462 e. The molecule has 0 fully saturated rings. The fourth-order valence-corrected chi connectivity index (χ4v) is 14.8. The fraction of sp³-hybridized carbons (Fsp3) is 0.953. The Bertz CT molecular complexity index is 2010. The summed E-state index contributed by atoms with van der Waals surface area (Å²) in [5.74, 6) is 0.205. The Morgan fingerprint density at radius 1 is 0.260 bits per heavy atom. The number of aliphatic hydroxyl groups is 1. The molecular weight excluding hydrogens is 1350 g/mol. The molecular formula is C85H166O17P2. The topological polar surface area (TPSA) is 237 Å². The van der Waals surface area contributed by atoms with Gasteiger partial charge in [0.05, 0.1) is 26.4 Å². The molecule has 0 aromatic carbocycles. The molecule has 0 saturated carbocycles. The second-order valence-corrected chi connectivity index (χ2v) is 34.9. The van der Waals surface area contributed by atoms with Crippen molar-refractivity contribution in [1.29, 1.82) is 0 Å². The van der Waals surface area contributed by atoms with Crippen molar-refractivity contribution in [3.8, 4) is 0 Å². The number of hydrogen-bond donors (Lipinski definition) is 3. The quantitative estimate of drug-likeness (QED) is 0.0222. The molecule has 0 aromatic heterocycles. The van der Waals surface area contributed by atoms with Crippen LogP contribution in [0.3, 0.4) is 0 Å². The van der Waals surface area contributed by atoms with Gasteiger partial charge in [-0.05, 0) is 43.4 Å². The third-order valence-corrected chi connectivity index (χ3v) is 21.8. The van der Waals surface area contributed by atoms with E-state index < -0.39 is 97.5 Å². The van der Waals surface area contributed by atoms with Gasteiger partial charge < -0.3 is 33.8 Å². The van der Waals surface area contributed by atoms with E-state index in [1.54, 1.807) is 0 Å². The highest BCUT2D eigenvalue weighted by molar-refractivity contribution is 7.47. The summed E-state index contributed by atoms with van der Waals surface area (Å²) in [6.07, 6.45) is 65.3. The molecule has 19 heteroatoms. The number of rotatable bonds is 83. The van der Waals surface area contributed by atoms with Gasteiger partial charge in [-0.25, -0.2) is 9.13 Å². The predicted octanol–water partition coefficient (Wildman–Crippen LogP) is 25.7. The molecule has 0 spiro atoms. The highest BCUT2D eigenvalue weighted by Crippen LogP contribution is 2.45. The van der Waals surface area contributed by atoms with E-state index in [-0.39, 0.29) is 25.7 Å². The van der Waals surface area contributed by atoms with Gasteiger partial charge in [0, 0.05) is 25.7 Å². The van der Waals surface area contributed by atoms with Crippen LogP contribution >= 0.6 is 15.6 Å². The normalized spacial score (nSPS) is 13.9. The second-order valence-electron chi connectivity index (χ2n) is 32.0. The van der Waals surface area contributed by atoms with E-state index >= 15 is 0 Å². The zero-order chi connectivity index (χ0) is 76.5. The van der Waals surface area contributed by atoms with E-state index in [4.69, 9.17) is 37.0 Å². The summed E-state index contributed by atoms with van der Waals surface area (Å²) in [6, 6.07) is 0. The third-order valence-electron chi connectivity index (χ3n) is 19.9. The van der Waals surface area contributed by atoms with Crippen molar-refractivity contribution in [3.05, 3.63) is 0 Å². The van der Waals surface area contributed by atoms with Crippen molar-refractivity contribution >= 4 is 39.5 Å². The molecule has 17 nitrogen and oxygen atoms in total. The van der Waals surface area contributed by atoms with Crippen LogP contribution in [0.4, 0.5) is 0 Å². The Morgan fingerprint density at radius 2 is 0.442 bits per heavy atom. The van der Waals surface area contributed by atoms with Crippen LogP contribution in [0.5, 0.6) is 0 Å². The van der Waals surface area contributed by atoms with E-state index in [9.17, 15) is 43.2 Å². The molecule has 0 amide bonds. The third kappa shape index (κ3) is 78.2. The predicted molar refractivity (Wildman–Crippen MR) is 428 cm³/mol. The van der Waals surface area contributed by atoms with Crippen LogP contribution in [0.1, 0.15) is 447 Å². The average molecular weight is 1520 g/mol. The van der Waals surface area contributed by atoms with Crippen molar-refractivity contribution in [2.75, 3.05) is 39.6 Å². The van der Waals surface area contributed by atoms with Gasteiger partial charge in [-0.3, -0.25) is 37.3 Å². The molecule has 618 valence electrons. The van der Waals surface area contributed by atoms with Crippen molar-refractivity contribution in [2.24, 2.45) is 17.8 Å². The smallest absolute Gasteiger partial charge is 0.462 e. The van der Waals surface area contributed by atoms with Gasteiger partial charge in [0.15, 0.2) is 12.2 Å². The van der Waals surface area contributed by atoms with Crippen molar-refractivity contribution < 1.29 is 80.2 Å². The maximum atomic E-state index is 13.1. The molecule has 0 aliphatic carbocycles. The Morgan fingerprint density at radius 3 is 0.654 bits per heavy atom. The first-order valence-corrected chi connectivity index (χ1v) is 46.8. The molecule has 0 rings (SSSR count). The van der Waals surface area contributed by atoms with Crippen molar-refractivity contribution in [1.82, 2.24) is 0 Å². The number of carbonyl (C=O) groups excluding carboxylic acids is 4. The van der Waals surface area contributed by atoms with Crippen molar-refractivity contribution in [3.63, 3.8) is 0 Å². The number of aliphatic hydroxyl groups excluding tert-OH is 1. The lowest BCUT2D eigenvalue weighted by Crippen LogP contribution is -2.30. The van der Waals surface area contributed by atoms with Crippen molar-refractivity contribution in [2.45, 2.75) is 465 Å². The lowest BCUT2D eigenvalue weighted by molar-refractivity contribution is -0.161. The minimum absolute atomic E-state index is 0.106. The molecule has 5 atom stereocenters. The van der Waals surface area contributed by atoms with Gasteiger partial charge in [0.1, 0.15) is 19.3 Å². The summed E-state index contributed by atoms with van der Waals surface area (Å²) >= 11 is 0. The number of unbranched alkanes of at least 4 members (excludes halogenated alkanes) is 51. The van der Waals surface area contributed by atoms with E-state index in [1.165, 1.54) is 257 Å². The number of phosphoric ester groups is 2. The van der Waals surface area contributed by atoms with Crippen LogP contribution in [-0.4, -0.2) is 96.7 Å². The maximum Gasteiger partial charge on any atom is 0.472 e. The molecule has 104 heavy (non-hydrogen) atoms. The minimum atomic E-state index is -4.97. The number of carbonyl (C=O) groups is 4. The van der Waals surface area contributed by atoms with E-state index in [0.717, 1.165) is 108 Å². The van der Waals surface area contributed by atoms with E-state index in [1.807, 2.05) is 0 Å². The van der Waals surface area contributed by atoms with Crippen LogP contribution in [0.25, 0.3) is 0 Å². The molecule has 0 saturated heterocycles. The van der Waals surface area contributed by atoms with Gasteiger partial charge in [-0.2, -0.15) is 0 Å². The van der Waals surface area contributed by atoms with Gasteiger partial charge in [-0.1, -0.05) is 395 Å². The zero-order valence-corrected chi connectivity index (χ0v) is 70.3. The summed E-state index contributed by atoms with van der Waals surface area (Å²) in [7, 11) is -9.93. The zero-order valence-electron chi connectivity index (χ0n) is 68.5. The Balaban J connectivity index is 5.24. The largest absolute Gasteiger partial charge is 0.472 e. The SMILES string of the molecule is CCCCCCCCCCCCCCCCCCCCC(=O)OC[C@H](COP(=O)(O)OC[C@@H](O)COP(=O)(O)OC[C@@H](COC(=O)CCCCCCCCCCC(C)C)OC(=O)CCCCCCCCCCCCCC(C)C)OC(=O)CCCCCCCCCCCCCCCCCCCCC(C)C. The van der Waals surface area contributed by atoms with Crippen LogP contribution < -0.4 is 0 Å². The number of ether oxygens (including phenoxy) is 4. The molecule has 0 radical (unpaired) electrons. The summed E-state index contributed by atoms with van der Waals surface area (Å²) in [6.45, 7) is 12.0. The average Bonchev–Trinajstić information content (AvgIpc) is 0.904. The Labute approximate surface area is 638 Å². The Kier molecular flexibility index (Phi) is 73.7. The van der Waals surface area contributed by atoms with Gasteiger partial charge in [-0.15, -0.1) is 0 Å². The molecule has 0 heterocycles.